The molecule has 5 nitrogen and oxygen atoms in total. The topological polar surface area (TPSA) is 75.6 Å². The first kappa shape index (κ1) is 22.6. The summed E-state index contributed by atoms with van der Waals surface area (Å²) in [4.78, 5) is 23.5. The number of aryl methyl sites for hydroxylation is 2. The lowest BCUT2D eigenvalue weighted by Gasteiger charge is -2.15. The van der Waals surface area contributed by atoms with E-state index in [1.807, 2.05) is 55.5 Å². The summed E-state index contributed by atoms with van der Waals surface area (Å²) in [6, 6.07) is 20.3. The van der Waals surface area contributed by atoms with Crippen molar-refractivity contribution in [1.82, 2.24) is 5.32 Å². The van der Waals surface area contributed by atoms with Gasteiger partial charge in [-0.05, 0) is 59.2 Å². The molecule has 0 unspecified atom stereocenters. The lowest BCUT2D eigenvalue weighted by atomic mass is 9.92. The fraction of sp³-hybridized carbons (Fsp3) is 0.286. The van der Waals surface area contributed by atoms with Gasteiger partial charge in [0.1, 0.15) is 12.4 Å². The molecule has 0 saturated heterocycles. The van der Waals surface area contributed by atoms with Gasteiger partial charge in [-0.3, -0.25) is 9.59 Å². The minimum absolute atomic E-state index is 0.00195. The maximum atomic E-state index is 12.8. The number of ether oxygens (including phenoxy) is 1. The smallest absolute Gasteiger partial charge is 0.303 e. The predicted octanol–water partition coefficient (Wildman–Crippen LogP) is 4.40. The van der Waals surface area contributed by atoms with Crippen molar-refractivity contribution >= 4 is 11.9 Å². The van der Waals surface area contributed by atoms with Gasteiger partial charge in [0.15, 0.2) is 0 Å². The van der Waals surface area contributed by atoms with Crippen LogP contribution < -0.4 is 10.1 Å². The average Bonchev–Trinajstić information content (AvgIpc) is 3.00. The van der Waals surface area contributed by atoms with Crippen molar-refractivity contribution < 1.29 is 19.4 Å². The maximum Gasteiger partial charge on any atom is 0.303 e. The minimum atomic E-state index is -0.789. The lowest BCUT2D eigenvalue weighted by Crippen LogP contribution is -2.28. The van der Waals surface area contributed by atoms with Crippen LogP contribution in [0.5, 0.6) is 5.75 Å². The van der Waals surface area contributed by atoms with Crippen molar-refractivity contribution in [3.05, 3.63) is 99.6 Å². The molecule has 4 rings (SSSR count). The van der Waals surface area contributed by atoms with Crippen LogP contribution in [0.4, 0.5) is 0 Å². The van der Waals surface area contributed by atoms with Crippen molar-refractivity contribution in [2.75, 3.05) is 6.54 Å². The molecule has 1 heterocycles. The zero-order valence-electron chi connectivity index (χ0n) is 18.9. The Hall–Kier alpha value is -3.60. The molecule has 0 bridgehead atoms. The standard InChI is InChI=1S/C28H29NO4/c1-19-6-12-26-25(16-22-4-2-3-5-23(22)18-33-26)24(19)17-27(30)29-15-14-21-9-7-20(8-10-21)11-13-28(31)32/h2-10,12H,11,13-18H2,1H3,(H,29,30)(H,31,32). The third-order valence-electron chi connectivity index (χ3n) is 6.21. The summed E-state index contributed by atoms with van der Waals surface area (Å²) in [5, 5.41) is 11.8. The second kappa shape index (κ2) is 10.3. The van der Waals surface area contributed by atoms with E-state index in [0.29, 0.717) is 26.0 Å². The number of benzene rings is 3. The highest BCUT2D eigenvalue weighted by molar-refractivity contribution is 5.80. The first-order valence-electron chi connectivity index (χ1n) is 11.4. The van der Waals surface area contributed by atoms with Crippen molar-refractivity contribution in [2.45, 2.75) is 45.6 Å². The van der Waals surface area contributed by atoms with Crippen LogP contribution in [0.3, 0.4) is 0 Å². The zero-order valence-corrected chi connectivity index (χ0v) is 18.9. The second-order valence-electron chi connectivity index (χ2n) is 8.56. The van der Waals surface area contributed by atoms with Gasteiger partial charge in [0, 0.05) is 24.9 Å². The summed E-state index contributed by atoms with van der Waals surface area (Å²) >= 11 is 0. The van der Waals surface area contributed by atoms with E-state index in [1.54, 1.807) is 0 Å². The number of carbonyl (C=O) groups is 2. The largest absolute Gasteiger partial charge is 0.489 e. The highest BCUT2D eigenvalue weighted by Crippen LogP contribution is 2.33. The second-order valence-corrected chi connectivity index (χ2v) is 8.56. The molecule has 3 aromatic carbocycles. The molecule has 0 fully saturated rings. The molecule has 3 aromatic rings. The molecular weight excluding hydrogens is 414 g/mol. The number of carbonyl (C=O) groups excluding carboxylic acids is 1. The maximum absolute atomic E-state index is 12.8. The Morgan fingerprint density at radius 3 is 2.36 bits per heavy atom. The molecular formula is C28H29NO4. The third kappa shape index (κ3) is 5.80. The number of carboxylic acids is 1. The van der Waals surface area contributed by atoms with Crippen LogP contribution in [0.15, 0.2) is 60.7 Å². The molecule has 0 radical (unpaired) electrons. The molecule has 1 aliphatic heterocycles. The van der Waals surface area contributed by atoms with Crippen LogP contribution in [0.1, 0.15) is 45.4 Å². The van der Waals surface area contributed by atoms with Gasteiger partial charge in [-0.25, -0.2) is 0 Å². The van der Waals surface area contributed by atoms with Gasteiger partial charge in [0.05, 0.1) is 6.42 Å². The Bertz CT molecular complexity index is 1150. The molecule has 0 aliphatic carbocycles. The van der Waals surface area contributed by atoms with Crippen LogP contribution in [-0.4, -0.2) is 23.5 Å². The number of amides is 1. The fourth-order valence-corrected chi connectivity index (χ4v) is 4.27. The van der Waals surface area contributed by atoms with E-state index in [0.717, 1.165) is 46.4 Å². The van der Waals surface area contributed by atoms with Crippen LogP contribution in [0.2, 0.25) is 0 Å². The van der Waals surface area contributed by atoms with Crippen LogP contribution >= 0.6 is 0 Å². The van der Waals surface area contributed by atoms with Gasteiger partial charge >= 0.3 is 5.97 Å². The van der Waals surface area contributed by atoms with Crippen LogP contribution in [0.25, 0.3) is 0 Å². The van der Waals surface area contributed by atoms with Crippen LogP contribution in [-0.2, 0) is 41.9 Å². The summed E-state index contributed by atoms with van der Waals surface area (Å²) in [6.45, 7) is 3.15. The monoisotopic (exact) mass is 443 g/mol. The number of aliphatic carboxylic acids is 1. The van der Waals surface area contributed by atoms with E-state index < -0.39 is 5.97 Å². The Morgan fingerprint density at radius 2 is 1.64 bits per heavy atom. The molecule has 33 heavy (non-hydrogen) atoms. The van der Waals surface area contributed by atoms with E-state index in [2.05, 4.69) is 17.4 Å². The van der Waals surface area contributed by atoms with Crippen LogP contribution in [0, 0.1) is 6.92 Å². The van der Waals surface area contributed by atoms with Gasteiger partial charge in [0.2, 0.25) is 5.91 Å². The Kier molecular flexibility index (Phi) is 7.08. The number of hydrogen-bond donors (Lipinski definition) is 2. The summed E-state index contributed by atoms with van der Waals surface area (Å²) in [5.41, 5.74) is 7.81. The normalized spacial score (nSPS) is 12.2. The molecule has 0 saturated carbocycles. The van der Waals surface area contributed by atoms with E-state index in [4.69, 9.17) is 9.84 Å². The molecule has 5 heteroatoms. The molecule has 0 atom stereocenters. The highest BCUT2D eigenvalue weighted by atomic mass is 16.5. The Balaban J connectivity index is 1.36. The predicted molar refractivity (Wildman–Crippen MR) is 128 cm³/mol. The average molecular weight is 444 g/mol. The lowest BCUT2D eigenvalue weighted by molar-refractivity contribution is -0.137. The summed E-state index contributed by atoms with van der Waals surface area (Å²) in [5.74, 6) is 0.0767. The molecule has 1 aliphatic rings. The highest BCUT2D eigenvalue weighted by Gasteiger charge is 2.20. The summed E-state index contributed by atoms with van der Waals surface area (Å²) < 4.78 is 6.07. The first-order valence-corrected chi connectivity index (χ1v) is 11.4. The number of fused-ring (bicyclic) bond motifs is 2. The van der Waals surface area contributed by atoms with Crippen molar-refractivity contribution in [3.63, 3.8) is 0 Å². The molecule has 1 amide bonds. The molecule has 0 aromatic heterocycles. The summed E-state index contributed by atoms with van der Waals surface area (Å²) in [6.07, 6.45) is 2.49. The van der Waals surface area contributed by atoms with Gasteiger partial charge < -0.3 is 15.2 Å². The van der Waals surface area contributed by atoms with Crippen molar-refractivity contribution in [2.24, 2.45) is 0 Å². The van der Waals surface area contributed by atoms with Gasteiger partial charge in [-0.2, -0.15) is 0 Å². The van der Waals surface area contributed by atoms with E-state index in [-0.39, 0.29) is 12.3 Å². The number of nitrogens with one attached hydrogen (secondary N) is 1. The van der Waals surface area contributed by atoms with Gasteiger partial charge in [0.25, 0.3) is 0 Å². The van der Waals surface area contributed by atoms with E-state index in [9.17, 15) is 9.59 Å². The summed E-state index contributed by atoms with van der Waals surface area (Å²) in [7, 11) is 0. The van der Waals surface area contributed by atoms with E-state index in [1.165, 1.54) is 11.1 Å². The Morgan fingerprint density at radius 1 is 0.939 bits per heavy atom. The van der Waals surface area contributed by atoms with Gasteiger partial charge in [-0.15, -0.1) is 0 Å². The quantitative estimate of drug-likeness (QED) is 0.541. The van der Waals surface area contributed by atoms with Crippen molar-refractivity contribution in [1.29, 1.82) is 0 Å². The molecule has 2 N–H and O–H groups in total. The SMILES string of the molecule is Cc1ccc2c(c1CC(=O)NCCc1ccc(CCC(=O)O)cc1)Cc1ccccc1CO2. The minimum Gasteiger partial charge on any atom is -0.489 e. The fourth-order valence-electron chi connectivity index (χ4n) is 4.27. The molecule has 170 valence electrons. The third-order valence-corrected chi connectivity index (χ3v) is 6.21. The first-order chi connectivity index (χ1) is 16.0. The zero-order chi connectivity index (χ0) is 23.2. The number of hydrogen-bond acceptors (Lipinski definition) is 3. The Labute approximate surface area is 194 Å². The number of rotatable bonds is 8. The van der Waals surface area contributed by atoms with Gasteiger partial charge in [-0.1, -0.05) is 54.6 Å². The number of carboxylic acid groups (broad SMARTS) is 1. The van der Waals surface area contributed by atoms with Crippen molar-refractivity contribution in [3.8, 4) is 5.75 Å². The van der Waals surface area contributed by atoms with E-state index >= 15 is 0 Å². The molecule has 0 spiro atoms.